The predicted molar refractivity (Wildman–Crippen MR) is 103 cm³/mol. The fourth-order valence-electron chi connectivity index (χ4n) is 2.61. The Morgan fingerprint density at radius 1 is 1.15 bits per heavy atom. The summed E-state index contributed by atoms with van der Waals surface area (Å²) in [6.07, 6.45) is 0. The first-order chi connectivity index (χ1) is 12.8. The van der Waals surface area contributed by atoms with E-state index >= 15 is 0 Å². The molecule has 0 saturated carbocycles. The highest BCUT2D eigenvalue weighted by Gasteiger charge is 2.17. The third-order valence-electron chi connectivity index (χ3n) is 4.02. The Hall–Kier alpha value is -2.57. The van der Waals surface area contributed by atoms with Gasteiger partial charge in [-0.25, -0.2) is 4.79 Å². The predicted octanol–water partition coefficient (Wildman–Crippen LogP) is 2.03. The fourth-order valence-corrected chi connectivity index (χ4v) is 2.61. The quantitative estimate of drug-likeness (QED) is 0.630. The molecule has 0 aliphatic rings. The topological polar surface area (TPSA) is 84.9 Å². The summed E-state index contributed by atoms with van der Waals surface area (Å²) in [6.45, 7) is 9.87. The van der Waals surface area contributed by atoms with Crippen molar-refractivity contribution in [2.24, 2.45) is 0 Å². The molecule has 0 aliphatic heterocycles. The number of hydrogen-bond acceptors (Lipinski definition) is 5. The van der Waals surface area contributed by atoms with E-state index in [0.717, 1.165) is 5.56 Å². The van der Waals surface area contributed by atoms with Gasteiger partial charge in [0.15, 0.2) is 13.2 Å². The van der Waals surface area contributed by atoms with E-state index in [1.54, 1.807) is 13.8 Å². The molecule has 0 aromatic heterocycles. The molecule has 0 bridgehead atoms. The van der Waals surface area contributed by atoms with Crippen LogP contribution in [0.3, 0.4) is 0 Å². The number of esters is 1. The number of likely N-dealkylation sites (N-methyl/N-ethyl adjacent to an activating group) is 2. The van der Waals surface area contributed by atoms with Crippen molar-refractivity contribution in [2.75, 3.05) is 32.8 Å². The molecular weight excluding hydrogens is 348 g/mol. The fraction of sp³-hybridized carbons (Fsp3) is 0.550. The summed E-state index contributed by atoms with van der Waals surface area (Å²) in [7, 11) is 0. The van der Waals surface area contributed by atoms with Gasteiger partial charge in [-0.15, -0.1) is 0 Å². The molecule has 7 heteroatoms. The molecule has 1 N–H and O–H groups in total. The van der Waals surface area contributed by atoms with Crippen molar-refractivity contribution in [1.82, 2.24) is 10.2 Å². The van der Waals surface area contributed by atoms with E-state index in [1.165, 1.54) is 10.5 Å². The number of aryl methyl sites for hydroxylation is 1. The molecular formula is C20H30N2O5. The average Bonchev–Trinajstić information content (AvgIpc) is 2.62. The minimum atomic E-state index is -0.636. The average molecular weight is 378 g/mol. The maximum atomic E-state index is 12.1. The minimum absolute atomic E-state index is 0.0568. The normalized spacial score (nSPS) is 10.4. The number of ether oxygens (including phenoxy) is 2. The van der Waals surface area contributed by atoms with Crippen LogP contribution >= 0.6 is 0 Å². The van der Waals surface area contributed by atoms with E-state index in [1.807, 2.05) is 25.1 Å². The second-order valence-electron chi connectivity index (χ2n) is 6.48. The Bertz CT molecular complexity index is 658. The minimum Gasteiger partial charge on any atom is -0.482 e. The van der Waals surface area contributed by atoms with Gasteiger partial charge in [0, 0.05) is 13.1 Å². The van der Waals surface area contributed by atoms with Crippen LogP contribution in [0.1, 0.15) is 44.7 Å². The number of carbonyl (C=O) groups excluding carboxylic acids is 3. The Labute approximate surface area is 161 Å². The van der Waals surface area contributed by atoms with Crippen LogP contribution in [0.25, 0.3) is 0 Å². The number of benzene rings is 1. The SMILES string of the molecule is CCNC(=O)CN(CC)C(=O)COC(=O)COc1ccc(C(C)C)c(C)c1. The zero-order valence-corrected chi connectivity index (χ0v) is 16.8. The first-order valence-corrected chi connectivity index (χ1v) is 9.21. The van der Waals surface area contributed by atoms with Gasteiger partial charge in [-0.05, 0) is 49.9 Å². The molecule has 0 aliphatic carbocycles. The standard InChI is InChI=1S/C20H30N2O5/c1-6-21-18(23)11-22(7-2)19(24)12-27-20(25)13-26-16-8-9-17(14(3)4)15(5)10-16/h8-10,14H,6-7,11-13H2,1-5H3,(H,21,23). The first-order valence-electron chi connectivity index (χ1n) is 9.21. The number of hydrogen-bond donors (Lipinski definition) is 1. The van der Waals surface area contributed by atoms with Gasteiger partial charge in [-0.2, -0.15) is 0 Å². The molecule has 1 aromatic rings. The Morgan fingerprint density at radius 2 is 1.85 bits per heavy atom. The smallest absolute Gasteiger partial charge is 0.344 e. The molecule has 27 heavy (non-hydrogen) atoms. The summed E-state index contributed by atoms with van der Waals surface area (Å²) in [4.78, 5) is 36.8. The van der Waals surface area contributed by atoms with Crippen LogP contribution in [0.5, 0.6) is 5.75 Å². The lowest BCUT2D eigenvalue weighted by Gasteiger charge is -2.20. The van der Waals surface area contributed by atoms with Crippen LogP contribution < -0.4 is 10.1 Å². The maximum Gasteiger partial charge on any atom is 0.344 e. The summed E-state index contributed by atoms with van der Waals surface area (Å²) >= 11 is 0. The second-order valence-corrected chi connectivity index (χ2v) is 6.48. The monoisotopic (exact) mass is 378 g/mol. The number of nitrogens with zero attached hydrogens (tertiary/aromatic N) is 1. The highest BCUT2D eigenvalue weighted by atomic mass is 16.6. The lowest BCUT2D eigenvalue weighted by Crippen LogP contribution is -2.42. The van der Waals surface area contributed by atoms with Gasteiger partial charge >= 0.3 is 5.97 Å². The van der Waals surface area contributed by atoms with E-state index in [4.69, 9.17) is 9.47 Å². The summed E-state index contributed by atoms with van der Waals surface area (Å²) in [6, 6.07) is 5.66. The number of nitrogens with one attached hydrogen (secondary N) is 1. The van der Waals surface area contributed by atoms with E-state index < -0.39 is 18.5 Å². The maximum absolute atomic E-state index is 12.1. The van der Waals surface area contributed by atoms with E-state index in [2.05, 4.69) is 19.2 Å². The number of amides is 2. The van der Waals surface area contributed by atoms with Crippen LogP contribution in [0.4, 0.5) is 0 Å². The van der Waals surface area contributed by atoms with Crippen molar-refractivity contribution >= 4 is 17.8 Å². The van der Waals surface area contributed by atoms with Gasteiger partial charge in [-0.1, -0.05) is 19.9 Å². The molecule has 2 amide bonds. The Morgan fingerprint density at radius 3 is 2.41 bits per heavy atom. The zero-order valence-electron chi connectivity index (χ0n) is 16.8. The van der Waals surface area contributed by atoms with Crippen molar-refractivity contribution in [3.8, 4) is 5.75 Å². The van der Waals surface area contributed by atoms with Gasteiger partial charge in [0.1, 0.15) is 5.75 Å². The Balaban J connectivity index is 2.45. The summed E-state index contributed by atoms with van der Waals surface area (Å²) in [5, 5.41) is 2.62. The van der Waals surface area contributed by atoms with Gasteiger partial charge in [0.2, 0.25) is 5.91 Å². The van der Waals surface area contributed by atoms with E-state index in [-0.39, 0.29) is 19.1 Å². The van der Waals surface area contributed by atoms with Crippen LogP contribution in [0.2, 0.25) is 0 Å². The van der Waals surface area contributed by atoms with E-state index in [9.17, 15) is 14.4 Å². The van der Waals surface area contributed by atoms with Gasteiger partial charge in [0.05, 0.1) is 6.54 Å². The first kappa shape index (κ1) is 22.5. The largest absolute Gasteiger partial charge is 0.482 e. The molecule has 0 saturated heterocycles. The molecule has 0 atom stereocenters. The summed E-state index contributed by atoms with van der Waals surface area (Å²) < 4.78 is 10.4. The van der Waals surface area contributed by atoms with E-state index in [0.29, 0.717) is 24.8 Å². The van der Waals surface area contributed by atoms with Gasteiger partial charge in [-0.3, -0.25) is 9.59 Å². The summed E-state index contributed by atoms with van der Waals surface area (Å²) in [5.41, 5.74) is 2.32. The number of rotatable bonds is 10. The zero-order chi connectivity index (χ0) is 20.4. The van der Waals surface area contributed by atoms with Crippen molar-refractivity contribution in [3.05, 3.63) is 29.3 Å². The van der Waals surface area contributed by atoms with Crippen molar-refractivity contribution in [2.45, 2.75) is 40.5 Å². The molecule has 150 valence electrons. The van der Waals surface area contributed by atoms with Crippen LogP contribution in [0, 0.1) is 6.92 Å². The lowest BCUT2D eigenvalue weighted by molar-refractivity contribution is -0.154. The third kappa shape index (κ3) is 7.68. The molecule has 0 spiro atoms. The molecule has 0 unspecified atom stereocenters. The van der Waals surface area contributed by atoms with Gasteiger partial charge < -0.3 is 19.7 Å². The van der Waals surface area contributed by atoms with Crippen LogP contribution in [-0.2, 0) is 19.1 Å². The highest BCUT2D eigenvalue weighted by molar-refractivity contribution is 5.86. The summed E-state index contributed by atoms with van der Waals surface area (Å²) in [5.74, 6) is -0.317. The molecule has 1 rings (SSSR count). The van der Waals surface area contributed by atoms with Crippen LogP contribution in [-0.4, -0.2) is 55.5 Å². The molecule has 1 aromatic carbocycles. The Kier molecular flexibility index (Phi) is 9.33. The van der Waals surface area contributed by atoms with Crippen LogP contribution in [0.15, 0.2) is 18.2 Å². The van der Waals surface area contributed by atoms with Crippen molar-refractivity contribution < 1.29 is 23.9 Å². The second kappa shape index (κ2) is 11.2. The highest BCUT2D eigenvalue weighted by Crippen LogP contribution is 2.23. The molecule has 0 radical (unpaired) electrons. The molecule has 0 heterocycles. The third-order valence-corrected chi connectivity index (χ3v) is 4.02. The lowest BCUT2D eigenvalue weighted by atomic mass is 9.98. The van der Waals surface area contributed by atoms with Crippen molar-refractivity contribution in [1.29, 1.82) is 0 Å². The van der Waals surface area contributed by atoms with Gasteiger partial charge in [0.25, 0.3) is 5.91 Å². The molecule has 7 nitrogen and oxygen atoms in total. The number of carbonyl (C=O) groups is 3. The molecule has 0 fully saturated rings. The van der Waals surface area contributed by atoms with Crippen molar-refractivity contribution in [3.63, 3.8) is 0 Å².